The van der Waals surface area contributed by atoms with Crippen molar-refractivity contribution in [1.82, 2.24) is 5.32 Å². The molecule has 1 nitrogen and oxygen atoms in total. The second kappa shape index (κ2) is 5.15. The van der Waals surface area contributed by atoms with Crippen molar-refractivity contribution < 1.29 is 0 Å². The number of benzene rings is 2. The van der Waals surface area contributed by atoms with Crippen LogP contribution in [0.5, 0.6) is 0 Å². The standard InChI is InChI=1S/C14H14ClN/c1-16-10-4-8-12-6-2-5-11-7-3-9-13(15)14(11)12/h2-9,16H,10H2,1H3. The van der Waals surface area contributed by atoms with E-state index in [0.29, 0.717) is 0 Å². The van der Waals surface area contributed by atoms with E-state index >= 15 is 0 Å². The highest BCUT2D eigenvalue weighted by Crippen LogP contribution is 2.27. The highest BCUT2D eigenvalue weighted by molar-refractivity contribution is 6.36. The van der Waals surface area contributed by atoms with E-state index in [-0.39, 0.29) is 0 Å². The van der Waals surface area contributed by atoms with Gasteiger partial charge < -0.3 is 5.32 Å². The normalized spacial score (nSPS) is 11.4. The molecule has 0 atom stereocenters. The van der Waals surface area contributed by atoms with Gasteiger partial charge in [0.05, 0.1) is 0 Å². The molecule has 2 rings (SSSR count). The van der Waals surface area contributed by atoms with E-state index in [9.17, 15) is 0 Å². The molecule has 2 heteroatoms. The Hall–Kier alpha value is -1.31. The molecular formula is C14H14ClN. The lowest BCUT2D eigenvalue weighted by atomic mass is 10.0. The highest BCUT2D eigenvalue weighted by atomic mass is 35.5. The van der Waals surface area contributed by atoms with E-state index in [2.05, 4.69) is 41.7 Å². The number of rotatable bonds is 3. The summed E-state index contributed by atoms with van der Waals surface area (Å²) in [6.45, 7) is 0.862. The van der Waals surface area contributed by atoms with Crippen LogP contribution in [0.2, 0.25) is 5.02 Å². The summed E-state index contributed by atoms with van der Waals surface area (Å²) >= 11 is 6.23. The molecule has 2 aromatic rings. The van der Waals surface area contributed by atoms with Gasteiger partial charge >= 0.3 is 0 Å². The molecule has 0 amide bonds. The summed E-state index contributed by atoms with van der Waals surface area (Å²) < 4.78 is 0. The Balaban J connectivity index is 2.52. The first-order chi connectivity index (χ1) is 7.83. The van der Waals surface area contributed by atoms with Crippen LogP contribution in [0.3, 0.4) is 0 Å². The third-order valence-electron chi connectivity index (χ3n) is 2.51. The van der Waals surface area contributed by atoms with Crippen molar-refractivity contribution in [2.24, 2.45) is 0 Å². The Bertz CT molecular complexity index is 512. The number of halogens is 1. The zero-order valence-corrected chi connectivity index (χ0v) is 9.96. The van der Waals surface area contributed by atoms with Crippen LogP contribution in [-0.4, -0.2) is 13.6 Å². The number of nitrogens with one attached hydrogen (secondary N) is 1. The Morgan fingerprint density at radius 2 is 1.94 bits per heavy atom. The Morgan fingerprint density at radius 1 is 1.19 bits per heavy atom. The molecule has 0 saturated heterocycles. The number of hydrogen-bond donors (Lipinski definition) is 1. The molecule has 0 saturated carbocycles. The molecule has 0 spiro atoms. The monoisotopic (exact) mass is 231 g/mol. The fourth-order valence-corrected chi connectivity index (χ4v) is 2.06. The maximum absolute atomic E-state index is 6.23. The molecule has 2 aromatic carbocycles. The van der Waals surface area contributed by atoms with Crippen LogP contribution in [0.1, 0.15) is 5.56 Å². The van der Waals surface area contributed by atoms with E-state index in [0.717, 1.165) is 17.0 Å². The van der Waals surface area contributed by atoms with Crippen LogP contribution in [0.15, 0.2) is 42.5 Å². The average molecular weight is 232 g/mol. The van der Waals surface area contributed by atoms with Crippen LogP contribution in [0.25, 0.3) is 16.8 Å². The van der Waals surface area contributed by atoms with Gasteiger partial charge in [0.15, 0.2) is 0 Å². The Labute approximate surface area is 101 Å². The minimum Gasteiger partial charge on any atom is -0.316 e. The fourth-order valence-electron chi connectivity index (χ4n) is 1.77. The smallest absolute Gasteiger partial charge is 0.0490 e. The summed E-state index contributed by atoms with van der Waals surface area (Å²) in [6, 6.07) is 12.2. The lowest BCUT2D eigenvalue weighted by Crippen LogP contribution is -2.03. The van der Waals surface area contributed by atoms with Crippen molar-refractivity contribution in [3.8, 4) is 0 Å². The van der Waals surface area contributed by atoms with Gasteiger partial charge in [-0.2, -0.15) is 0 Å². The fraction of sp³-hybridized carbons (Fsp3) is 0.143. The van der Waals surface area contributed by atoms with Gasteiger partial charge in [0.25, 0.3) is 0 Å². The summed E-state index contributed by atoms with van der Waals surface area (Å²) in [4.78, 5) is 0. The third kappa shape index (κ3) is 2.26. The number of fused-ring (bicyclic) bond motifs is 1. The van der Waals surface area contributed by atoms with Crippen LogP contribution in [0.4, 0.5) is 0 Å². The minimum absolute atomic E-state index is 0.808. The van der Waals surface area contributed by atoms with E-state index in [1.807, 2.05) is 19.2 Å². The molecular weight excluding hydrogens is 218 g/mol. The first kappa shape index (κ1) is 11.2. The summed E-state index contributed by atoms with van der Waals surface area (Å²) in [7, 11) is 1.93. The van der Waals surface area contributed by atoms with Crippen molar-refractivity contribution in [3.63, 3.8) is 0 Å². The van der Waals surface area contributed by atoms with E-state index < -0.39 is 0 Å². The van der Waals surface area contributed by atoms with Gasteiger partial charge in [0.2, 0.25) is 0 Å². The third-order valence-corrected chi connectivity index (χ3v) is 2.82. The first-order valence-corrected chi connectivity index (χ1v) is 5.69. The largest absolute Gasteiger partial charge is 0.316 e. The predicted molar refractivity (Wildman–Crippen MR) is 71.9 cm³/mol. The molecule has 82 valence electrons. The molecule has 0 aliphatic heterocycles. The summed E-state index contributed by atoms with van der Waals surface area (Å²) in [5.41, 5.74) is 1.17. The van der Waals surface area contributed by atoms with Crippen molar-refractivity contribution in [1.29, 1.82) is 0 Å². The minimum atomic E-state index is 0.808. The molecule has 0 bridgehead atoms. The molecule has 16 heavy (non-hydrogen) atoms. The van der Waals surface area contributed by atoms with E-state index in [4.69, 9.17) is 11.6 Å². The van der Waals surface area contributed by atoms with Gasteiger partial charge in [-0.25, -0.2) is 0 Å². The average Bonchev–Trinajstić information content (AvgIpc) is 2.30. The lowest BCUT2D eigenvalue weighted by molar-refractivity contribution is 0.922. The lowest BCUT2D eigenvalue weighted by Gasteiger charge is -2.04. The zero-order chi connectivity index (χ0) is 11.4. The molecule has 1 N–H and O–H groups in total. The van der Waals surface area contributed by atoms with Crippen LogP contribution in [0, 0.1) is 0 Å². The van der Waals surface area contributed by atoms with Gasteiger partial charge in [-0.15, -0.1) is 0 Å². The van der Waals surface area contributed by atoms with Gasteiger partial charge in [0.1, 0.15) is 0 Å². The Kier molecular flexibility index (Phi) is 3.60. The van der Waals surface area contributed by atoms with Gasteiger partial charge in [-0.05, 0) is 24.1 Å². The summed E-state index contributed by atoms with van der Waals surface area (Å²) in [6.07, 6.45) is 4.20. The number of likely N-dealkylation sites (N-methyl/N-ethyl adjacent to an activating group) is 1. The van der Waals surface area contributed by atoms with Crippen LogP contribution < -0.4 is 5.32 Å². The maximum atomic E-state index is 6.23. The predicted octanol–water partition coefficient (Wildman–Crippen LogP) is 3.73. The first-order valence-electron chi connectivity index (χ1n) is 5.31. The molecule has 0 fully saturated rings. The second-order valence-electron chi connectivity index (χ2n) is 3.65. The van der Waals surface area contributed by atoms with E-state index in [1.54, 1.807) is 0 Å². The molecule has 0 radical (unpaired) electrons. The summed E-state index contributed by atoms with van der Waals surface area (Å²) in [5, 5.41) is 6.19. The molecule has 0 aliphatic rings. The molecule has 0 aromatic heterocycles. The van der Waals surface area contributed by atoms with Gasteiger partial charge in [0, 0.05) is 17.0 Å². The van der Waals surface area contributed by atoms with Crippen molar-refractivity contribution >= 4 is 28.4 Å². The van der Waals surface area contributed by atoms with Gasteiger partial charge in [-0.3, -0.25) is 0 Å². The topological polar surface area (TPSA) is 12.0 Å². The number of hydrogen-bond acceptors (Lipinski definition) is 1. The van der Waals surface area contributed by atoms with E-state index in [1.165, 1.54) is 10.9 Å². The van der Waals surface area contributed by atoms with Gasteiger partial charge in [-0.1, -0.05) is 54.1 Å². The zero-order valence-electron chi connectivity index (χ0n) is 9.20. The van der Waals surface area contributed by atoms with Crippen molar-refractivity contribution in [2.75, 3.05) is 13.6 Å². The SMILES string of the molecule is CNCC=Cc1cccc2cccc(Cl)c12. The van der Waals surface area contributed by atoms with Crippen molar-refractivity contribution in [3.05, 3.63) is 53.1 Å². The Morgan fingerprint density at radius 3 is 2.69 bits per heavy atom. The summed E-state index contributed by atoms with van der Waals surface area (Å²) in [5.74, 6) is 0. The maximum Gasteiger partial charge on any atom is 0.0490 e. The molecule has 0 unspecified atom stereocenters. The quantitative estimate of drug-likeness (QED) is 0.849. The second-order valence-corrected chi connectivity index (χ2v) is 4.05. The van der Waals surface area contributed by atoms with Crippen LogP contribution >= 0.6 is 11.6 Å². The highest BCUT2D eigenvalue weighted by Gasteiger charge is 2.01. The molecule has 0 heterocycles. The van der Waals surface area contributed by atoms with Crippen molar-refractivity contribution in [2.45, 2.75) is 0 Å². The molecule has 0 aliphatic carbocycles. The van der Waals surface area contributed by atoms with Crippen LogP contribution in [-0.2, 0) is 0 Å².